The van der Waals surface area contributed by atoms with Crippen molar-refractivity contribution in [1.29, 1.82) is 0 Å². The van der Waals surface area contributed by atoms with E-state index in [0.29, 0.717) is 17.5 Å². The number of nitrogens with one attached hydrogen (secondary N) is 2. The molecular formula is C20H23ClN2O5S. The van der Waals surface area contributed by atoms with Crippen LogP contribution in [-0.2, 0) is 19.6 Å². The van der Waals surface area contributed by atoms with Crippen LogP contribution in [0.5, 0.6) is 0 Å². The van der Waals surface area contributed by atoms with Crippen molar-refractivity contribution in [1.82, 2.24) is 5.32 Å². The molecule has 7 nitrogen and oxygen atoms in total. The summed E-state index contributed by atoms with van der Waals surface area (Å²) in [6.45, 7) is 4.11. The quantitative estimate of drug-likeness (QED) is 0.584. The van der Waals surface area contributed by atoms with Crippen LogP contribution in [0.25, 0.3) is 0 Å². The molecule has 0 aliphatic carbocycles. The first kappa shape index (κ1) is 22.7. The average Bonchev–Trinajstić information content (AvgIpc) is 2.66. The molecule has 156 valence electrons. The Hall–Kier alpha value is -2.58. The maximum Gasteiger partial charge on any atom is 0.340 e. The Morgan fingerprint density at radius 2 is 1.72 bits per heavy atom. The largest absolute Gasteiger partial charge is 0.452 e. The van der Waals surface area contributed by atoms with Crippen LogP contribution in [0.15, 0.2) is 53.4 Å². The second-order valence-corrected chi connectivity index (χ2v) is 8.83. The molecule has 0 saturated carbocycles. The fourth-order valence-electron chi connectivity index (χ4n) is 2.33. The highest BCUT2D eigenvalue weighted by atomic mass is 35.5. The van der Waals surface area contributed by atoms with Gasteiger partial charge in [0.1, 0.15) is 0 Å². The highest BCUT2D eigenvalue weighted by molar-refractivity contribution is 7.92. The molecule has 0 aromatic heterocycles. The Bertz CT molecular complexity index is 959. The number of anilines is 1. The number of ether oxygens (including phenoxy) is 1. The molecule has 9 heteroatoms. The van der Waals surface area contributed by atoms with E-state index in [-0.39, 0.29) is 16.1 Å². The van der Waals surface area contributed by atoms with E-state index in [1.807, 2.05) is 13.8 Å². The van der Waals surface area contributed by atoms with E-state index < -0.39 is 28.5 Å². The van der Waals surface area contributed by atoms with Crippen molar-refractivity contribution in [2.45, 2.75) is 25.2 Å². The molecule has 0 fully saturated rings. The number of amides is 1. The summed E-state index contributed by atoms with van der Waals surface area (Å²) in [5.74, 6) is -0.782. The van der Waals surface area contributed by atoms with Crippen LogP contribution in [0.1, 0.15) is 30.6 Å². The van der Waals surface area contributed by atoms with Gasteiger partial charge in [-0.25, -0.2) is 13.2 Å². The van der Waals surface area contributed by atoms with Gasteiger partial charge in [-0.05, 0) is 48.7 Å². The van der Waals surface area contributed by atoms with Gasteiger partial charge in [-0.2, -0.15) is 0 Å². The molecule has 0 aliphatic heterocycles. The molecule has 2 rings (SSSR count). The first-order valence-electron chi connectivity index (χ1n) is 9.00. The average molecular weight is 439 g/mol. The van der Waals surface area contributed by atoms with E-state index in [4.69, 9.17) is 16.3 Å². The number of para-hydroxylation sites is 1. The minimum atomic E-state index is -3.93. The maximum absolute atomic E-state index is 12.6. The Labute approximate surface area is 175 Å². The van der Waals surface area contributed by atoms with Crippen molar-refractivity contribution in [2.24, 2.45) is 5.92 Å². The van der Waals surface area contributed by atoms with Gasteiger partial charge in [0, 0.05) is 11.6 Å². The Morgan fingerprint density at radius 3 is 2.38 bits per heavy atom. The van der Waals surface area contributed by atoms with Gasteiger partial charge < -0.3 is 10.1 Å². The lowest BCUT2D eigenvalue weighted by molar-refractivity contribution is -0.124. The second kappa shape index (κ2) is 10.3. The lowest BCUT2D eigenvalue weighted by atomic mass is 10.1. The predicted octanol–water partition coefficient (Wildman–Crippen LogP) is 3.46. The monoisotopic (exact) mass is 438 g/mol. The summed E-state index contributed by atoms with van der Waals surface area (Å²) in [5.41, 5.74) is 0.0488. The molecule has 0 unspecified atom stereocenters. The molecule has 0 heterocycles. The molecule has 29 heavy (non-hydrogen) atoms. The van der Waals surface area contributed by atoms with E-state index in [1.54, 1.807) is 12.1 Å². The summed E-state index contributed by atoms with van der Waals surface area (Å²) < 4.78 is 32.5. The standard InChI is InChI=1S/C20H23ClN2O5S/c1-14(2)11-12-22-19(24)13-28-20(25)17-5-3-4-6-18(17)23-29(26,27)16-9-7-15(21)8-10-16/h3-10,14,23H,11-13H2,1-2H3,(H,22,24). The number of rotatable bonds is 9. The lowest BCUT2D eigenvalue weighted by Gasteiger charge is -2.12. The molecule has 2 aromatic rings. The van der Waals surface area contributed by atoms with Crippen molar-refractivity contribution >= 4 is 39.2 Å². The summed E-state index contributed by atoms with van der Waals surface area (Å²) in [4.78, 5) is 24.1. The van der Waals surface area contributed by atoms with Gasteiger partial charge in [-0.3, -0.25) is 9.52 Å². The van der Waals surface area contributed by atoms with Crippen LogP contribution in [0, 0.1) is 5.92 Å². The van der Waals surface area contributed by atoms with E-state index in [0.717, 1.165) is 6.42 Å². The first-order chi connectivity index (χ1) is 13.7. The van der Waals surface area contributed by atoms with Gasteiger partial charge in [-0.15, -0.1) is 0 Å². The van der Waals surface area contributed by atoms with Gasteiger partial charge in [0.25, 0.3) is 15.9 Å². The molecular weight excluding hydrogens is 416 g/mol. The number of sulfonamides is 1. The number of benzene rings is 2. The van der Waals surface area contributed by atoms with Crippen LogP contribution in [0.3, 0.4) is 0 Å². The third kappa shape index (κ3) is 7.07. The second-order valence-electron chi connectivity index (χ2n) is 6.71. The molecule has 0 aliphatic rings. The Morgan fingerprint density at radius 1 is 1.07 bits per heavy atom. The van der Waals surface area contributed by atoms with Gasteiger partial charge in [0.2, 0.25) is 0 Å². The predicted molar refractivity (Wildman–Crippen MR) is 111 cm³/mol. The summed E-state index contributed by atoms with van der Waals surface area (Å²) in [6.07, 6.45) is 0.814. The van der Waals surface area contributed by atoms with E-state index in [2.05, 4.69) is 10.0 Å². The van der Waals surface area contributed by atoms with Crippen molar-refractivity contribution in [3.05, 3.63) is 59.1 Å². The van der Waals surface area contributed by atoms with Crippen LogP contribution < -0.4 is 10.0 Å². The van der Waals surface area contributed by atoms with Gasteiger partial charge in [-0.1, -0.05) is 37.6 Å². The fourth-order valence-corrected chi connectivity index (χ4v) is 3.53. The molecule has 0 saturated heterocycles. The molecule has 1 amide bonds. The maximum atomic E-state index is 12.6. The van der Waals surface area contributed by atoms with E-state index >= 15 is 0 Å². The first-order valence-corrected chi connectivity index (χ1v) is 10.9. The number of carbonyl (C=O) groups is 2. The molecule has 0 radical (unpaired) electrons. The summed E-state index contributed by atoms with van der Waals surface area (Å²) in [7, 11) is -3.93. The van der Waals surface area contributed by atoms with Crippen LogP contribution in [0.4, 0.5) is 5.69 Å². The third-order valence-electron chi connectivity index (χ3n) is 3.89. The van der Waals surface area contributed by atoms with E-state index in [1.165, 1.54) is 36.4 Å². The fraction of sp³-hybridized carbons (Fsp3) is 0.300. The zero-order valence-electron chi connectivity index (χ0n) is 16.1. The van der Waals surface area contributed by atoms with Crippen molar-refractivity contribution in [2.75, 3.05) is 17.9 Å². The highest BCUT2D eigenvalue weighted by Gasteiger charge is 2.20. The summed E-state index contributed by atoms with van der Waals surface area (Å²) >= 11 is 5.79. The molecule has 2 N–H and O–H groups in total. The number of halogens is 1. The van der Waals surface area contributed by atoms with Gasteiger partial charge in [0.05, 0.1) is 16.1 Å². The van der Waals surface area contributed by atoms with Gasteiger partial charge in [0.15, 0.2) is 6.61 Å². The zero-order valence-corrected chi connectivity index (χ0v) is 17.7. The number of hydrogen-bond acceptors (Lipinski definition) is 5. The summed E-state index contributed by atoms with van der Waals surface area (Å²) in [5, 5.41) is 3.06. The lowest BCUT2D eigenvalue weighted by Crippen LogP contribution is -2.30. The normalized spacial score (nSPS) is 11.2. The smallest absolute Gasteiger partial charge is 0.340 e. The molecule has 0 atom stereocenters. The SMILES string of the molecule is CC(C)CCNC(=O)COC(=O)c1ccccc1NS(=O)(=O)c1ccc(Cl)cc1. The minimum absolute atomic E-state index is 0.0000175. The van der Waals surface area contributed by atoms with Crippen LogP contribution in [0.2, 0.25) is 5.02 Å². The number of esters is 1. The molecule has 0 spiro atoms. The van der Waals surface area contributed by atoms with Crippen molar-refractivity contribution in [3.63, 3.8) is 0 Å². The number of carbonyl (C=O) groups excluding carboxylic acids is 2. The minimum Gasteiger partial charge on any atom is -0.452 e. The number of hydrogen-bond donors (Lipinski definition) is 2. The third-order valence-corrected chi connectivity index (χ3v) is 5.53. The van der Waals surface area contributed by atoms with Crippen molar-refractivity contribution < 1.29 is 22.7 Å². The highest BCUT2D eigenvalue weighted by Crippen LogP contribution is 2.22. The Balaban J connectivity index is 2.05. The molecule has 2 aromatic carbocycles. The van der Waals surface area contributed by atoms with Crippen LogP contribution in [-0.4, -0.2) is 33.4 Å². The van der Waals surface area contributed by atoms with Crippen molar-refractivity contribution in [3.8, 4) is 0 Å². The van der Waals surface area contributed by atoms with E-state index in [9.17, 15) is 18.0 Å². The zero-order chi connectivity index (χ0) is 21.4. The summed E-state index contributed by atoms with van der Waals surface area (Å²) in [6, 6.07) is 11.6. The van der Waals surface area contributed by atoms with Crippen LogP contribution >= 0.6 is 11.6 Å². The van der Waals surface area contributed by atoms with Gasteiger partial charge >= 0.3 is 5.97 Å². The Kier molecular flexibility index (Phi) is 8.04. The molecule has 0 bridgehead atoms. The topological polar surface area (TPSA) is 102 Å².